The summed E-state index contributed by atoms with van der Waals surface area (Å²) in [4.78, 5) is 56.9. The van der Waals surface area contributed by atoms with Crippen molar-refractivity contribution in [3.8, 4) is 0 Å². The predicted octanol–water partition coefficient (Wildman–Crippen LogP) is 1.98. The number of aliphatic carboxylic acids is 2. The number of carboxylic acids is 2. The number of rotatable bonds is 30. The fourth-order valence-corrected chi connectivity index (χ4v) is 3.98. The molecule has 13 heteroatoms. The minimum atomic E-state index is -0.886. The van der Waals surface area contributed by atoms with Crippen LogP contribution in [0.1, 0.15) is 96.3 Å². The average molecular weight is 603 g/mol. The molecule has 0 aromatic heterocycles. The molecule has 0 rings (SSSR count). The normalized spacial score (nSPS) is 11.5. The van der Waals surface area contributed by atoms with Crippen molar-refractivity contribution in [1.82, 2.24) is 21.3 Å². The Bertz CT molecular complexity index is 753. The van der Waals surface area contributed by atoms with Crippen molar-refractivity contribution in [3.63, 3.8) is 0 Å². The van der Waals surface area contributed by atoms with Gasteiger partial charge in [0, 0.05) is 58.5 Å². The third-order valence-electron chi connectivity index (χ3n) is 6.46. The molecule has 0 heterocycles. The second kappa shape index (κ2) is 28.4. The van der Waals surface area contributed by atoms with E-state index in [0.717, 1.165) is 44.9 Å². The minimum absolute atomic E-state index is 0.0458. The summed E-state index contributed by atoms with van der Waals surface area (Å²) in [6.07, 6.45) is 9.68. The van der Waals surface area contributed by atoms with Crippen LogP contribution in [-0.2, 0) is 33.4 Å². The van der Waals surface area contributed by atoms with Crippen LogP contribution in [0.25, 0.3) is 0 Å². The van der Waals surface area contributed by atoms with Crippen molar-refractivity contribution in [2.45, 2.75) is 102 Å². The van der Waals surface area contributed by atoms with Gasteiger partial charge in [-0.15, -0.1) is 0 Å². The zero-order valence-corrected chi connectivity index (χ0v) is 25.4. The molecule has 244 valence electrons. The SMILES string of the molecule is CN[C@@H](CCCCNC(=O)CCC(=O)NCCCOCCOCCCNC(=O)CCCCCCCCC(=O)O)C(=O)O. The molecule has 6 N–H and O–H groups in total. The van der Waals surface area contributed by atoms with E-state index in [1.54, 1.807) is 7.05 Å². The van der Waals surface area contributed by atoms with Crippen molar-refractivity contribution in [2.24, 2.45) is 0 Å². The number of hydrogen-bond acceptors (Lipinski definition) is 8. The van der Waals surface area contributed by atoms with E-state index in [-0.39, 0.29) is 37.0 Å². The van der Waals surface area contributed by atoms with E-state index >= 15 is 0 Å². The Morgan fingerprint density at radius 2 is 1.00 bits per heavy atom. The maximum atomic E-state index is 11.9. The molecule has 0 bridgehead atoms. The molecule has 0 aromatic rings. The molecule has 13 nitrogen and oxygen atoms in total. The number of carboxylic acid groups (broad SMARTS) is 2. The molecule has 0 saturated carbocycles. The van der Waals surface area contributed by atoms with Gasteiger partial charge in [-0.05, 0) is 52.0 Å². The lowest BCUT2D eigenvalue weighted by molar-refractivity contribution is -0.139. The van der Waals surface area contributed by atoms with Gasteiger partial charge in [0.15, 0.2) is 0 Å². The number of carbonyl (C=O) groups is 5. The van der Waals surface area contributed by atoms with Crippen LogP contribution in [0, 0.1) is 0 Å². The fraction of sp³-hybridized carbons (Fsp3) is 0.828. The van der Waals surface area contributed by atoms with E-state index in [1.807, 2.05) is 0 Å². The van der Waals surface area contributed by atoms with Gasteiger partial charge in [-0.25, -0.2) is 0 Å². The number of carbonyl (C=O) groups excluding carboxylic acids is 3. The Morgan fingerprint density at radius 1 is 0.548 bits per heavy atom. The summed E-state index contributed by atoms with van der Waals surface area (Å²) in [7, 11) is 1.60. The van der Waals surface area contributed by atoms with Crippen LogP contribution in [-0.4, -0.2) is 99.0 Å². The Balaban J connectivity index is 3.40. The molecule has 0 aliphatic rings. The van der Waals surface area contributed by atoms with Crippen molar-refractivity contribution < 1.29 is 43.7 Å². The smallest absolute Gasteiger partial charge is 0.320 e. The summed E-state index contributed by atoms with van der Waals surface area (Å²) < 4.78 is 11.0. The molecule has 0 aromatic carbocycles. The molecule has 0 aliphatic heterocycles. The van der Waals surface area contributed by atoms with E-state index in [1.165, 1.54) is 0 Å². The maximum Gasteiger partial charge on any atom is 0.320 e. The first-order chi connectivity index (χ1) is 20.3. The van der Waals surface area contributed by atoms with E-state index < -0.39 is 18.0 Å². The molecular formula is C29H54N4O9. The topological polar surface area (TPSA) is 192 Å². The van der Waals surface area contributed by atoms with Crippen molar-refractivity contribution >= 4 is 29.7 Å². The van der Waals surface area contributed by atoms with Crippen LogP contribution in [0.15, 0.2) is 0 Å². The number of hydrogen-bond donors (Lipinski definition) is 6. The van der Waals surface area contributed by atoms with Gasteiger partial charge in [0.1, 0.15) is 6.04 Å². The summed E-state index contributed by atoms with van der Waals surface area (Å²) in [5, 5.41) is 28.7. The highest BCUT2D eigenvalue weighted by molar-refractivity contribution is 5.83. The predicted molar refractivity (Wildman–Crippen MR) is 158 cm³/mol. The lowest BCUT2D eigenvalue weighted by atomic mass is 10.1. The zero-order valence-electron chi connectivity index (χ0n) is 25.4. The number of unbranched alkanes of at least 4 members (excludes halogenated alkanes) is 6. The fourth-order valence-electron chi connectivity index (χ4n) is 3.98. The van der Waals surface area contributed by atoms with E-state index in [4.69, 9.17) is 19.7 Å². The molecule has 42 heavy (non-hydrogen) atoms. The number of ether oxygens (including phenoxy) is 2. The summed E-state index contributed by atoms with van der Waals surface area (Å²) >= 11 is 0. The average Bonchev–Trinajstić information content (AvgIpc) is 2.95. The van der Waals surface area contributed by atoms with Gasteiger partial charge >= 0.3 is 11.9 Å². The molecule has 0 unspecified atom stereocenters. The molecule has 0 aliphatic carbocycles. The van der Waals surface area contributed by atoms with Crippen molar-refractivity contribution in [1.29, 1.82) is 0 Å². The first-order valence-electron chi connectivity index (χ1n) is 15.3. The van der Waals surface area contributed by atoms with Gasteiger partial charge in [0.05, 0.1) is 13.2 Å². The van der Waals surface area contributed by atoms with Crippen LogP contribution < -0.4 is 21.3 Å². The molecular weight excluding hydrogens is 548 g/mol. The standard InChI is InChI=1S/C29H54N4O9/c1-30-24(29(39)40)12-8-9-17-31-26(35)15-16-27(36)33-19-11-21-42-23-22-41-20-10-18-32-25(34)13-6-4-2-3-5-7-14-28(37)38/h24,30H,2-23H2,1H3,(H,31,35)(H,32,34)(H,33,36)(H,37,38)(H,39,40)/t24-/m0/s1. The third kappa shape index (κ3) is 27.4. The Morgan fingerprint density at radius 3 is 1.48 bits per heavy atom. The maximum absolute atomic E-state index is 11.9. The highest BCUT2D eigenvalue weighted by Crippen LogP contribution is 2.08. The summed E-state index contributed by atoms with van der Waals surface area (Å²) in [5.74, 6) is -1.98. The Hall–Kier alpha value is -2.77. The Labute approximate surface area is 250 Å². The first-order valence-corrected chi connectivity index (χ1v) is 15.3. The molecule has 0 radical (unpaired) electrons. The number of likely N-dealkylation sites (N-methyl/N-ethyl adjacent to an activating group) is 1. The second-order valence-electron chi connectivity index (χ2n) is 10.2. The first kappa shape index (κ1) is 39.2. The van der Waals surface area contributed by atoms with Crippen molar-refractivity contribution in [2.75, 3.05) is 53.1 Å². The third-order valence-corrected chi connectivity index (χ3v) is 6.46. The minimum Gasteiger partial charge on any atom is -0.481 e. The van der Waals surface area contributed by atoms with Gasteiger partial charge in [0.25, 0.3) is 0 Å². The molecule has 0 spiro atoms. The van der Waals surface area contributed by atoms with Crippen LogP contribution >= 0.6 is 0 Å². The quantitative estimate of drug-likeness (QED) is 0.0662. The van der Waals surface area contributed by atoms with E-state index in [2.05, 4.69) is 21.3 Å². The van der Waals surface area contributed by atoms with Gasteiger partial charge < -0.3 is 41.0 Å². The number of nitrogens with one attached hydrogen (secondary N) is 4. The number of amides is 3. The largest absolute Gasteiger partial charge is 0.481 e. The lowest BCUT2D eigenvalue weighted by Crippen LogP contribution is -2.34. The molecule has 1 atom stereocenters. The van der Waals surface area contributed by atoms with Gasteiger partial charge in [0.2, 0.25) is 17.7 Å². The van der Waals surface area contributed by atoms with Gasteiger partial charge in [-0.1, -0.05) is 25.7 Å². The highest BCUT2D eigenvalue weighted by Gasteiger charge is 2.13. The molecule has 0 fully saturated rings. The summed E-state index contributed by atoms with van der Waals surface area (Å²) in [5.41, 5.74) is 0. The monoisotopic (exact) mass is 602 g/mol. The van der Waals surface area contributed by atoms with Crippen LogP contribution in [0.2, 0.25) is 0 Å². The highest BCUT2D eigenvalue weighted by atomic mass is 16.5. The second-order valence-corrected chi connectivity index (χ2v) is 10.2. The van der Waals surface area contributed by atoms with Crippen molar-refractivity contribution in [3.05, 3.63) is 0 Å². The van der Waals surface area contributed by atoms with E-state index in [9.17, 15) is 24.0 Å². The zero-order chi connectivity index (χ0) is 31.3. The Kier molecular flexibility index (Phi) is 26.5. The van der Waals surface area contributed by atoms with Crippen LogP contribution in [0.3, 0.4) is 0 Å². The summed E-state index contributed by atoms with van der Waals surface area (Å²) in [6, 6.07) is -0.580. The van der Waals surface area contributed by atoms with Gasteiger partial charge in [-0.3, -0.25) is 24.0 Å². The lowest BCUT2D eigenvalue weighted by Gasteiger charge is -2.11. The van der Waals surface area contributed by atoms with Gasteiger partial charge in [-0.2, -0.15) is 0 Å². The summed E-state index contributed by atoms with van der Waals surface area (Å²) in [6.45, 7) is 3.41. The van der Waals surface area contributed by atoms with Crippen LogP contribution in [0.4, 0.5) is 0 Å². The molecule has 0 saturated heterocycles. The molecule has 3 amide bonds. The van der Waals surface area contributed by atoms with E-state index in [0.29, 0.717) is 78.2 Å². The van der Waals surface area contributed by atoms with Crippen LogP contribution in [0.5, 0.6) is 0 Å².